The maximum Gasteiger partial charge on any atom is 0.423 e. The molecule has 0 bridgehead atoms. The zero-order chi connectivity index (χ0) is 28.7. The van der Waals surface area contributed by atoms with Crippen LogP contribution in [0.2, 0.25) is 5.02 Å². The minimum atomic E-state index is -1.31. The first-order chi connectivity index (χ1) is 19.0. The van der Waals surface area contributed by atoms with Gasteiger partial charge in [-0.05, 0) is 61.6 Å². The third kappa shape index (κ3) is 3.41. The summed E-state index contributed by atoms with van der Waals surface area (Å²) in [4.78, 5) is 68.7. The molecule has 40 heavy (non-hydrogen) atoms. The Balaban J connectivity index is 1.50. The van der Waals surface area contributed by atoms with Gasteiger partial charge in [-0.1, -0.05) is 35.4 Å². The average molecular weight is 567 g/mol. The molecule has 0 radical (unpaired) electrons. The van der Waals surface area contributed by atoms with Gasteiger partial charge >= 0.3 is 6.09 Å². The topological polar surface area (TPSA) is 121 Å². The molecule has 1 N–H and O–H groups in total. The van der Waals surface area contributed by atoms with E-state index >= 15 is 0 Å². The normalized spacial score (nSPS) is 31.1. The number of phenols is 1. The highest BCUT2D eigenvalue weighted by molar-refractivity contribution is 6.31. The van der Waals surface area contributed by atoms with Crippen LogP contribution in [-0.4, -0.2) is 46.8 Å². The van der Waals surface area contributed by atoms with Crippen LogP contribution in [0.3, 0.4) is 0 Å². The van der Waals surface area contributed by atoms with Crippen LogP contribution in [0.1, 0.15) is 31.2 Å². The Morgan fingerprint density at radius 2 is 1.75 bits per heavy atom. The van der Waals surface area contributed by atoms with Crippen molar-refractivity contribution in [2.75, 3.05) is 12.0 Å². The van der Waals surface area contributed by atoms with E-state index in [0.717, 1.165) is 23.6 Å². The zero-order valence-corrected chi connectivity index (χ0v) is 22.2. The van der Waals surface area contributed by atoms with Crippen LogP contribution < -0.4 is 4.90 Å². The third-order valence-corrected chi connectivity index (χ3v) is 9.31. The summed E-state index contributed by atoms with van der Waals surface area (Å²) >= 11 is 5.99. The van der Waals surface area contributed by atoms with Crippen molar-refractivity contribution in [2.45, 2.75) is 25.7 Å². The van der Waals surface area contributed by atoms with Gasteiger partial charge in [0.15, 0.2) is 0 Å². The van der Waals surface area contributed by atoms with Gasteiger partial charge in [0.1, 0.15) is 11.6 Å². The van der Waals surface area contributed by atoms with Crippen LogP contribution in [-0.2, 0) is 23.9 Å². The minimum Gasteiger partial charge on any atom is -0.508 e. The van der Waals surface area contributed by atoms with E-state index < -0.39 is 70.5 Å². The van der Waals surface area contributed by atoms with Crippen molar-refractivity contribution in [1.82, 2.24) is 4.90 Å². The molecule has 6 rings (SSSR count). The summed E-state index contributed by atoms with van der Waals surface area (Å²) in [5.41, 5.74) is 0.179. The number of fused-ring (bicyclic) bond motifs is 4. The van der Waals surface area contributed by atoms with Gasteiger partial charge in [-0.25, -0.2) is 14.1 Å². The van der Waals surface area contributed by atoms with Crippen molar-refractivity contribution in [3.63, 3.8) is 0 Å². The maximum absolute atomic E-state index is 14.2. The predicted octanol–water partition coefficient (Wildman–Crippen LogP) is 4.18. The minimum absolute atomic E-state index is 0.0113. The lowest BCUT2D eigenvalue weighted by molar-refractivity contribution is -0.138. The molecule has 206 valence electrons. The second-order valence-corrected chi connectivity index (χ2v) is 11.2. The van der Waals surface area contributed by atoms with E-state index in [1.54, 1.807) is 19.1 Å². The molecule has 2 aromatic carbocycles. The second-order valence-electron chi connectivity index (χ2n) is 10.8. The fraction of sp³-hybridized carbons (Fsp3) is 0.345. The first-order valence-corrected chi connectivity index (χ1v) is 13.2. The molecule has 0 aromatic heterocycles. The maximum atomic E-state index is 14.2. The smallest absolute Gasteiger partial charge is 0.423 e. The summed E-state index contributed by atoms with van der Waals surface area (Å²) < 4.78 is 18.6. The molecule has 1 saturated carbocycles. The SMILES string of the molecule is COC(=O)N1C(=O)[C@H]2[C@H](CC=C3[C@H]2C[C@H]2C(=O)N(c4ccc(F)c(Cl)c4)C(=O)[C@@]2(C)[C@H]3c2ccc(O)cc2)C1=O. The van der Waals surface area contributed by atoms with Crippen molar-refractivity contribution < 1.29 is 38.2 Å². The van der Waals surface area contributed by atoms with Gasteiger partial charge in [0.25, 0.3) is 0 Å². The molecule has 2 heterocycles. The monoisotopic (exact) mass is 566 g/mol. The Kier molecular flexibility index (Phi) is 5.88. The zero-order valence-electron chi connectivity index (χ0n) is 21.5. The molecule has 2 aromatic rings. The molecule has 4 aliphatic rings. The van der Waals surface area contributed by atoms with Gasteiger partial charge in [-0.15, -0.1) is 0 Å². The Labute approximate surface area is 233 Å². The first kappa shape index (κ1) is 26.2. The van der Waals surface area contributed by atoms with Crippen LogP contribution in [0.15, 0.2) is 54.1 Å². The van der Waals surface area contributed by atoms with Gasteiger partial charge in [-0.3, -0.25) is 19.2 Å². The van der Waals surface area contributed by atoms with Crippen molar-refractivity contribution in [3.8, 4) is 5.75 Å². The Hall–Kier alpha value is -4.05. The molecule has 6 atom stereocenters. The quantitative estimate of drug-likeness (QED) is 0.427. The number of hydrogen-bond donors (Lipinski definition) is 1. The highest BCUT2D eigenvalue weighted by atomic mass is 35.5. The van der Waals surface area contributed by atoms with Gasteiger partial charge in [0, 0.05) is 5.92 Å². The number of anilines is 1. The van der Waals surface area contributed by atoms with E-state index in [2.05, 4.69) is 4.74 Å². The summed E-state index contributed by atoms with van der Waals surface area (Å²) in [6.07, 6.45) is 1.03. The van der Waals surface area contributed by atoms with Gasteiger partial charge in [0.2, 0.25) is 23.6 Å². The van der Waals surface area contributed by atoms with Gasteiger partial charge in [-0.2, -0.15) is 4.90 Å². The predicted molar refractivity (Wildman–Crippen MR) is 138 cm³/mol. The Bertz CT molecular complexity index is 1540. The lowest BCUT2D eigenvalue weighted by Crippen LogP contribution is -2.49. The molecule has 9 nitrogen and oxygen atoms in total. The molecule has 0 unspecified atom stereocenters. The average Bonchev–Trinajstić information content (AvgIpc) is 3.30. The molecule has 11 heteroatoms. The van der Waals surface area contributed by atoms with E-state index in [4.69, 9.17) is 11.6 Å². The molecule has 0 spiro atoms. The molecule has 2 aliphatic carbocycles. The van der Waals surface area contributed by atoms with Gasteiger partial charge < -0.3 is 9.84 Å². The lowest BCUT2D eigenvalue weighted by Gasteiger charge is -2.49. The Morgan fingerprint density at radius 1 is 1.05 bits per heavy atom. The number of phenolic OH excluding ortho intramolecular Hbond substituents is 1. The number of imide groups is 4. The van der Waals surface area contributed by atoms with Crippen LogP contribution in [0.25, 0.3) is 0 Å². The number of hydrogen-bond acceptors (Lipinski definition) is 7. The lowest BCUT2D eigenvalue weighted by atomic mass is 9.51. The number of amides is 5. The molecule has 5 amide bonds. The van der Waals surface area contributed by atoms with Crippen LogP contribution in [0.4, 0.5) is 14.9 Å². The van der Waals surface area contributed by atoms with Crippen molar-refractivity contribution >= 4 is 47.0 Å². The number of ether oxygens (including phenoxy) is 1. The van der Waals surface area contributed by atoms with Crippen molar-refractivity contribution in [2.24, 2.45) is 29.1 Å². The largest absolute Gasteiger partial charge is 0.508 e. The number of carbonyl (C=O) groups excluding carboxylic acids is 5. The van der Waals surface area contributed by atoms with Crippen LogP contribution >= 0.6 is 11.6 Å². The number of nitrogens with zero attached hydrogens (tertiary/aromatic N) is 2. The van der Waals surface area contributed by atoms with Crippen molar-refractivity contribution in [1.29, 1.82) is 0 Å². The fourth-order valence-corrected chi connectivity index (χ4v) is 7.38. The van der Waals surface area contributed by atoms with Gasteiger partial charge in [0.05, 0.1) is 41.0 Å². The Morgan fingerprint density at radius 3 is 2.40 bits per heavy atom. The highest BCUT2D eigenvalue weighted by Crippen LogP contribution is 2.63. The number of benzene rings is 2. The number of carbonyl (C=O) groups is 5. The fourth-order valence-electron chi connectivity index (χ4n) is 7.20. The van der Waals surface area contributed by atoms with Crippen molar-refractivity contribution in [3.05, 3.63) is 70.5 Å². The first-order valence-electron chi connectivity index (χ1n) is 12.8. The van der Waals surface area contributed by atoms with E-state index in [1.165, 1.54) is 24.3 Å². The molecule has 3 fully saturated rings. The highest BCUT2D eigenvalue weighted by Gasteiger charge is 2.68. The molecular weight excluding hydrogens is 543 g/mol. The van der Waals surface area contributed by atoms with E-state index in [1.807, 2.05) is 6.08 Å². The van der Waals surface area contributed by atoms with E-state index in [0.29, 0.717) is 10.5 Å². The number of allylic oxidation sites excluding steroid dienone is 2. The number of rotatable bonds is 2. The number of aromatic hydroxyl groups is 1. The number of halogens is 2. The number of methoxy groups -OCH3 is 1. The van der Waals surface area contributed by atoms with Crippen LogP contribution in [0.5, 0.6) is 5.75 Å². The summed E-state index contributed by atoms with van der Waals surface area (Å²) in [7, 11) is 1.08. The summed E-state index contributed by atoms with van der Waals surface area (Å²) in [5, 5.41) is 9.70. The standard InChI is InChI=1S/C29H24ClFN2O7/c1-29-19(25(36)32(27(29)38)14-5-10-21(31)20(30)11-14)12-18-16(23(29)13-3-6-15(34)7-4-13)8-9-17-22(18)26(37)33(24(17)35)28(39)40-2/h3-8,10-11,17-19,22-23,34H,9,12H2,1-2H3/t17-,18+,19-,22-,23-,29+/m0/s1. The second kappa shape index (κ2) is 8.99. The van der Waals surface area contributed by atoms with E-state index in [-0.39, 0.29) is 29.3 Å². The third-order valence-electron chi connectivity index (χ3n) is 9.02. The summed E-state index contributed by atoms with van der Waals surface area (Å²) in [5.74, 6) is -6.98. The molecule has 2 saturated heterocycles. The molecular formula is C29H24ClFN2O7. The summed E-state index contributed by atoms with van der Waals surface area (Å²) in [6.45, 7) is 1.70. The number of likely N-dealkylation sites (tertiary alicyclic amines) is 1. The molecule has 2 aliphatic heterocycles. The van der Waals surface area contributed by atoms with Crippen LogP contribution in [0, 0.1) is 34.9 Å². The summed E-state index contributed by atoms with van der Waals surface area (Å²) in [6, 6.07) is 9.89. The van der Waals surface area contributed by atoms with E-state index in [9.17, 15) is 33.5 Å².